The topological polar surface area (TPSA) is 81.6 Å². The molecular formula is C15H13N3O4. The molecule has 1 aliphatic rings. The van der Waals surface area contributed by atoms with E-state index in [1.165, 1.54) is 20.3 Å². The van der Waals surface area contributed by atoms with Crippen LogP contribution in [0, 0.1) is 0 Å². The number of ether oxygens (including phenoxy) is 2. The lowest BCUT2D eigenvalue weighted by Gasteiger charge is -2.25. The minimum atomic E-state index is -0.456. The molecule has 0 fully saturated rings. The fourth-order valence-corrected chi connectivity index (χ4v) is 2.26. The number of methoxy groups -OCH3 is 2. The summed E-state index contributed by atoms with van der Waals surface area (Å²) in [4.78, 5) is 34.0. The maximum Gasteiger partial charge on any atom is 0.267 e. The number of imide groups is 1. The third kappa shape index (κ3) is 2.26. The molecule has 0 saturated heterocycles. The van der Waals surface area contributed by atoms with Crippen molar-refractivity contribution in [3.63, 3.8) is 0 Å². The number of fused-ring (bicyclic) bond motifs is 1. The summed E-state index contributed by atoms with van der Waals surface area (Å²) in [6.45, 7) is 0. The monoisotopic (exact) mass is 299 g/mol. The van der Waals surface area contributed by atoms with Crippen molar-refractivity contribution in [1.29, 1.82) is 0 Å². The third-order valence-corrected chi connectivity index (χ3v) is 3.33. The zero-order chi connectivity index (χ0) is 15.7. The molecule has 0 bridgehead atoms. The number of anilines is 1. The van der Waals surface area contributed by atoms with Crippen molar-refractivity contribution < 1.29 is 19.1 Å². The average Bonchev–Trinajstić information content (AvgIpc) is 2.54. The van der Waals surface area contributed by atoms with E-state index in [4.69, 9.17) is 9.47 Å². The minimum Gasteiger partial charge on any atom is -0.481 e. The number of hydrogen-bond donors (Lipinski definition) is 0. The van der Waals surface area contributed by atoms with Crippen molar-refractivity contribution in [3.05, 3.63) is 41.5 Å². The van der Waals surface area contributed by atoms with Crippen molar-refractivity contribution in [2.75, 3.05) is 19.1 Å². The van der Waals surface area contributed by atoms with Gasteiger partial charge >= 0.3 is 0 Å². The van der Waals surface area contributed by atoms with Crippen LogP contribution in [-0.2, 0) is 11.2 Å². The molecule has 2 heterocycles. The van der Waals surface area contributed by atoms with Crippen LogP contribution in [0.4, 0.5) is 5.95 Å². The molecule has 0 saturated carbocycles. The SMILES string of the molecule is COc1cc(OC)nc(N2C(=O)Cc3ccccc3C2=O)n1. The van der Waals surface area contributed by atoms with Gasteiger partial charge in [-0.05, 0) is 11.6 Å². The zero-order valence-electron chi connectivity index (χ0n) is 12.1. The number of hydrogen-bond acceptors (Lipinski definition) is 6. The van der Waals surface area contributed by atoms with Crippen molar-refractivity contribution >= 4 is 17.8 Å². The molecule has 22 heavy (non-hydrogen) atoms. The van der Waals surface area contributed by atoms with Crippen molar-refractivity contribution in [2.45, 2.75) is 6.42 Å². The van der Waals surface area contributed by atoms with Crippen LogP contribution in [0.15, 0.2) is 30.3 Å². The highest BCUT2D eigenvalue weighted by Gasteiger charge is 2.34. The van der Waals surface area contributed by atoms with Gasteiger partial charge in [0.1, 0.15) is 0 Å². The Morgan fingerprint density at radius 3 is 2.32 bits per heavy atom. The molecule has 112 valence electrons. The molecule has 1 aromatic heterocycles. The van der Waals surface area contributed by atoms with E-state index in [1.807, 2.05) is 0 Å². The first kappa shape index (κ1) is 14.0. The predicted octanol–water partition coefficient (Wildman–Crippen LogP) is 1.22. The second-order valence-corrected chi connectivity index (χ2v) is 4.62. The summed E-state index contributed by atoms with van der Waals surface area (Å²) >= 11 is 0. The van der Waals surface area contributed by atoms with Gasteiger partial charge < -0.3 is 9.47 Å². The highest BCUT2D eigenvalue weighted by Crippen LogP contribution is 2.26. The molecule has 2 amide bonds. The van der Waals surface area contributed by atoms with Gasteiger partial charge in [0.25, 0.3) is 5.91 Å². The lowest BCUT2D eigenvalue weighted by molar-refractivity contribution is -0.117. The maximum atomic E-state index is 12.6. The number of benzene rings is 1. The quantitative estimate of drug-likeness (QED) is 0.793. The normalized spacial score (nSPS) is 13.8. The smallest absolute Gasteiger partial charge is 0.267 e. The van der Waals surface area contributed by atoms with Crippen LogP contribution in [0.1, 0.15) is 15.9 Å². The van der Waals surface area contributed by atoms with Crippen LogP contribution >= 0.6 is 0 Å². The number of carbonyl (C=O) groups is 2. The van der Waals surface area contributed by atoms with Crippen LogP contribution < -0.4 is 14.4 Å². The van der Waals surface area contributed by atoms with E-state index in [2.05, 4.69) is 9.97 Å². The fourth-order valence-electron chi connectivity index (χ4n) is 2.26. The van der Waals surface area contributed by atoms with Crippen LogP contribution in [0.3, 0.4) is 0 Å². The Kier molecular flexibility index (Phi) is 3.46. The Labute approximate surface area is 126 Å². The van der Waals surface area contributed by atoms with Gasteiger partial charge in [0.05, 0.1) is 26.7 Å². The Bertz CT molecular complexity index is 738. The molecule has 7 nitrogen and oxygen atoms in total. The van der Waals surface area contributed by atoms with Gasteiger partial charge in [-0.3, -0.25) is 9.59 Å². The Morgan fingerprint density at radius 1 is 1.05 bits per heavy atom. The van der Waals surface area contributed by atoms with Gasteiger partial charge in [0.15, 0.2) is 0 Å². The van der Waals surface area contributed by atoms with Crippen LogP contribution in [0.5, 0.6) is 11.8 Å². The molecule has 0 unspecified atom stereocenters. The Morgan fingerprint density at radius 2 is 1.68 bits per heavy atom. The highest BCUT2D eigenvalue weighted by atomic mass is 16.5. The van der Waals surface area contributed by atoms with Gasteiger partial charge in [-0.2, -0.15) is 9.97 Å². The Balaban J connectivity index is 2.09. The second kappa shape index (κ2) is 5.44. The third-order valence-electron chi connectivity index (χ3n) is 3.33. The summed E-state index contributed by atoms with van der Waals surface area (Å²) in [5.74, 6) is -0.482. The first-order valence-electron chi connectivity index (χ1n) is 6.56. The molecule has 2 aromatic rings. The van der Waals surface area contributed by atoms with Gasteiger partial charge in [-0.15, -0.1) is 0 Å². The number of carbonyl (C=O) groups excluding carboxylic acids is 2. The second-order valence-electron chi connectivity index (χ2n) is 4.62. The van der Waals surface area contributed by atoms with E-state index in [9.17, 15) is 9.59 Å². The minimum absolute atomic E-state index is 0.0549. The number of amides is 2. The molecule has 0 spiro atoms. The highest BCUT2D eigenvalue weighted by molar-refractivity contribution is 6.23. The van der Waals surface area contributed by atoms with Crippen molar-refractivity contribution in [3.8, 4) is 11.8 Å². The van der Waals surface area contributed by atoms with E-state index >= 15 is 0 Å². The van der Waals surface area contributed by atoms with E-state index < -0.39 is 5.91 Å². The largest absolute Gasteiger partial charge is 0.481 e. The molecule has 0 N–H and O–H groups in total. The molecule has 0 atom stereocenters. The van der Waals surface area contributed by atoms with Crippen LogP contribution in [0.25, 0.3) is 0 Å². The van der Waals surface area contributed by atoms with Crippen LogP contribution in [0.2, 0.25) is 0 Å². The van der Waals surface area contributed by atoms with E-state index in [0.717, 1.165) is 4.90 Å². The molecule has 0 radical (unpaired) electrons. The van der Waals surface area contributed by atoms with E-state index in [0.29, 0.717) is 11.1 Å². The molecule has 0 aliphatic carbocycles. The number of aromatic nitrogens is 2. The molecule has 1 aromatic carbocycles. The van der Waals surface area contributed by atoms with Gasteiger partial charge in [0.2, 0.25) is 23.6 Å². The standard InChI is InChI=1S/C15H13N3O4/c1-21-11-8-12(22-2)17-15(16-11)18-13(19)7-9-5-3-4-6-10(9)14(18)20/h3-6,8H,7H2,1-2H3. The summed E-state index contributed by atoms with van der Waals surface area (Å²) in [6.07, 6.45) is 0.116. The van der Waals surface area contributed by atoms with Gasteiger partial charge in [-0.1, -0.05) is 18.2 Å². The Hall–Kier alpha value is -2.96. The van der Waals surface area contributed by atoms with E-state index in [-0.39, 0.29) is 30.0 Å². The van der Waals surface area contributed by atoms with Crippen molar-refractivity contribution in [2.24, 2.45) is 0 Å². The lowest BCUT2D eigenvalue weighted by atomic mass is 9.99. The van der Waals surface area contributed by atoms with E-state index in [1.54, 1.807) is 24.3 Å². The maximum absolute atomic E-state index is 12.6. The fraction of sp³-hybridized carbons (Fsp3) is 0.200. The average molecular weight is 299 g/mol. The lowest BCUT2D eigenvalue weighted by Crippen LogP contribution is -2.43. The summed E-state index contributed by atoms with van der Waals surface area (Å²) in [5, 5.41) is 0. The van der Waals surface area contributed by atoms with Gasteiger partial charge in [-0.25, -0.2) is 4.90 Å². The molecular weight excluding hydrogens is 286 g/mol. The molecule has 1 aliphatic heterocycles. The summed E-state index contributed by atoms with van der Waals surface area (Å²) < 4.78 is 10.1. The molecule has 3 rings (SSSR count). The van der Waals surface area contributed by atoms with Gasteiger partial charge in [0, 0.05) is 5.56 Å². The zero-order valence-corrected chi connectivity index (χ0v) is 12.1. The number of nitrogens with zero attached hydrogens (tertiary/aromatic N) is 3. The van der Waals surface area contributed by atoms with Crippen molar-refractivity contribution in [1.82, 2.24) is 9.97 Å². The first-order valence-corrected chi connectivity index (χ1v) is 6.56. The summed E-state index contributed by atoms with van der Waals surface area (Å²) in [6, 6.07) is 8.44. The van der Waals surface area contributed by atoms with Crippen LogP contribution in [-0.4, -0.2) is 36.0 Å². The summed E-state index contributed by atoms with van der Waals surface area (Å²) in [5.41, 5.74) is 1.16. The number of rotatable bonds is 3. The first-order chi connectivity index (χ1) is 10.6. The predicted molar refractivity (Wildman–Crippen MR) is 77.1 cm³/mol. The summed E-state index contributed by atoms with van der Waals surface area (Å²) in [7, 11) is 2.86. The molecule has 7 heteroatoms.